The van der Waals surface area contributed by atoms with Gasteiger partial charge in [0.15, 0.2) is 0 Å². The highest BCUT2D eigenvalue weighted by atomic mass is 16.5. The van der Waals surface area contributed by atoms with E-state index in [1.54, 1.807) is 27.0 Å². The molecule has 0 saturated heterocycles. The number of methoxy groups -OCH3 is 1. The van der Waals surface area contributed by atoms with E-state index in [4.69, 9.17) is 4.74 Å². The van der Waals surface area contributed by atoms with E-state index < -0.39 is 65.1 Å². The van der Waals surface area contributed by atoms with Crippen LogP contribution in [0.5, 0.6) is 0 Å². The number of alkyl carbamates (subject to hydrolysis) is 1. The number of nitrogens with one attached hydrogen (secondary N) is 3. The third-order valence-corrected chi connectivity index (χ3v) is 8.94. The standard InChI is InChI=1S/C40H55N5O7/c1-25-15-20-30(41-24-25)28-18-16-27(17-19-28)22-31(43-36(48)34(40(5,6)7)45(8)38(50)51)32(46)23-29(21-26-13-11-10-12-14-26)42-35(47)33(39(2,3)4)44-37(49)52-9/h10-20,24,29,31-34,46H,21-23H2,1-9H3,(H,42,47)(H,43,48)(H,44,49)(H,50,51)/t29-,31-,32-,33+,34+/m0/s1. The summed E-state index contributed by atoms with van der Waals surface area (Å²) in [5.41, 5.74) is 3.03. The second kappa shape index (κ2) is 18.0. The lowest BCUT2D eigenvalue weighted by atomic mass is 9.84. The number of carboxylic acid groups (broad SMARTS) is 1. The molecule has 0 spiro atoms. The van der Waals surface area contributed by atoms with Crippen LogP contribution >= 0.6 is 0 Å². The van der Waals surface area contributed by atoms with E-state index in [1.165, 1.54) is 14.2 Å². The Bertz CT molecular complexity index is 1630. The Morgan fingerprint density at radius 1 is 0.808 bits per heavy atom. The van der Waals surface area contributed by atoms with Crippen molar-refractivity contribution in [1.29, 1.82) is 0 Å². The second-order valence-corrected chi connectivity index (χ2v) is 15.5. The van der Waals surface area contributed by atoms with Gasteiger partial charge in [0, 0.05) is 24.8 Å². The molecule has 52 heavy (non-hydrogen) atoms. The average Bonchev–Trinajstić information content (AvgIpc) is 3.06. The molecule has 1 aromatic heterocycles. The third-order valence-electron chi connectivity index (χ3n) is 8.94. The number of carbonyl (C=O) groups excluding carboxylic acids is 3. The average molecular weight is 718 g/mol. The zero-order valence-electron chi connectivity index (χ0n) is 31.8. The minimum Gasteiger partial charge on any atom is -0.465 e. The number of hydrogen-bond donors (Lipinski definition) is 5. The van der Waals surface area contributed by atoms with Crippen molar-refractivity contribution in [3.8, 4) is 11.3 Å². The number of nitrogens with zero attached hydrogens (tertiary/aromatic N) is 2. The van der Waals surface area contributed by atoms with Crippen molar-refractivity contribution in [2.45, 2.75) is 98.0 Å². The summed E-state index contributed by atoms with van der Waals surface area (Å²) in [5.74, 6) is -1.01. The number of amides is 4. The number of hydrogen-bond acceptors (Lipinski definition) is 7. The van der Waals surface area contributed by atoms with Crippen LogP contribution in [0, 0.1) is 17.8 Å². The highest BCUT2D eigenvalue weighted by Gasteiger charge is 2.40. The SMILES string of the molecule is COC(=O)N[C@H](C(=O)N[C@@H](Cc1ccccc1)C[C@H](O)[C@H](Cc1ccc(-c2ccc(C)cn2)cc1)NC(=O)[C@@H](N(C)C(=O)O)C(C)(C)C)C(C)(C)C. The van der Waals surface area contributed by atoms with Crippen LogP contribution in [0.3, 0.4) is 0 Å². The van der Waals surface area contributed by atoms with Crippen LogP contribution in [0.1, 0.15) is 64.7 Å². The van der Waals surface area contributed by atoms with Gasteiger partial charge in [-0.05, 0) is 59.8 Å². The molecule has 12 nitrogen and oxygen atoms in total. The molecule has 0 aliphatic carbocycles. The van der Waals surface area contributed by atoms with Crippen LogP contribution in [0.4, 0.5) is 9.59 Å². The van der Waals surface area contributed by atoms with Crippen molar-refractivity contribution in [2.24, 2.45) is 10.8 Å². The Morgan fingerprint density at radius 2 is 1.42 bits per heavy atom. The van der Waals surface area contributed by atoms with E-state index in [2.05, 4.69) is 20.9 Å². The van der Waals surface area contributed by atoms with Crippen molar-refractivity contribution >= 4 is 24.0 Å². The summed E-state index contributed by atoms with van der Waals surface area (Å²) in [7, 11) is 2.57. The van der Waals surface area contributed by atoms with Crippen molar-refractivity contribution in [1.82, 2.24) is 25.8 Å². The van der Waals surface area contributed by atoms with Crippen molar-refractivity contribution in [3.63, 3.8) is 0 Å². The number of rotatable bonds is 14. The third kappa shape index (κ3) is 12.1. The number of aliphatic hydroxyl groups is 1. The van der Waals surface area contributed by atoms with Crippen LogP contribution in [0.15, 0.2) is 72.9 Å². The summed E-state index contributed by atoms with van der Waals surface area (Å²) in [6.45, 7) is 12.8. The lowest BCUT2D eigenvalue weighted by Crippen LogP contribution is -2.59. The Labute approximate surface area is 307 Å². The molecule has 4 amide bonds. The molecule has 0 radical (unpaired) electrons. The van der Waals surface area contributed by atoms with Crippen molar-refractivity contribution in [3.05, 3.63) is 89.6 Å². The van der Waals surface area contributed by atoms with Gasteiger partial charge in [-0.25, -0.2) is 9.59 Å². The number of likely N-dealkylation sites (N-methyl/N-ethyl adjacent to an activating group) is 1. The number of carbonyl (C=O) groups is 4. The minimum absolute atomic E-state index is 0.0288. The van der Waals surface area contributed by atoms with E-state index in [9.17, 15) is 29.4 Å². The summed E-state index contributed by atoms with van der Waals surface area (Å²) >= 11 is 0. The molecule has 0 fully saturated rings. The zero-order chi connectivity index (χ0) is 38.8. The summed E-state index contributed by atoms with van der Waals surface area (Å²) in [5, 5.41) is 30.4. The molecule has 0 bridgehead atoms. The quantitative estimate of drug-likeness (QED) is 0.149. The minimum atomic E-state index is -1.26. The van der Waals surface area contributed by atoms with E-state index in [1.807, 2.05) is 94.4 Å². The largest absolute Gasteiger partial charge is 0.465 e. The summed E-state index contributed by atoms with van der Waals surface area (Å²) in [6, 6.07) is 17.6. The molecule has 0 unspecified atom stereocenters. The van der Waals surface area contributed by atoms with E-state index in [-0.39, 0.29) is 12.8 Å². The summed E-state index contributed by atoms with van der Waals surface area (Å²) in [4.78, 5) is 57.4. The maximum atomic E-state index is 13.9. The van der Waals surface area contributed by atoms with Gasteiger partial charge in [-0.15, -0.1) is 0 Å². The van der Waals surface area contributed by atoms with Crippen LogP contribution in [0.2, 0.25) is 0 Å². The van der Waals surface area contributed by atoms with Gasteiger partial charge >= 0.3 is 12.2 Å². The first-order valence-electron chi connectivity index (χ1n) is 17.4. The van der Waals surface area contributed by atoms with Crippen LogP contribution < -0.4 is 16.0 Å². The lowest BCUT2D eigenvalue weighted by molar-refractivity contribution is -0.131. The van der Waals surface area contributed by atoms with Gasteiger partial charge < -0.3 is 30.9 Å². The van der Waals surface area contributed by atoms with E-state index in [0.29, 0.717) is 6.42 Å². The van der Waals surface area contributed by atoms with Gasteiger partial charge in [-0.3, -0.25) is 19.5 Å². The molecule has 5 atom stereocenters. The van der Waals surface area contributed by atoms with Crippen molar-refractivity contribution in [2.75, 3.05) is 14.2 Å². The second-order valence-electron chi connectivity index (χ2n) is 15.5. The summed E-state index contributed by atoms with van der Waals surface area (Å²) in [6.07, 6.45) is -0.805. The molecular weight excluding hydrogens is 662 g/mol. The molecule has 1 heterocycles. The molecule has 0 saturated carbocycles. The number of aryl methyl sites for hydroxylation is 1. The maximum Gasteiger partial charge on any atom is 0.407 e. The molecule has 3 rings (SSSR count). The Balaban J connectivity index is 1.98. The van der Waals surface area contributed by atoms with E-state index >= 15 is 0 Å². The Kier molecular flexibility index (Phi) is 14.3. The monoisotopic (exact) mass is 717 g/mol. The van der Waals surface area contributed by atoms with Gasteiger partial charge in [0.05, 0.1) is 24.9 Å². The number of benzene rings is 2. The molecule has 3 aromatic rings. The first-order chi connectivity index (χ1) is 24.3. The Hall–Kier alpha value is -4.97. The fourth-order valence-electron chi connectivity index (χ4n) is 6.19. The van der Waals surface area contributed by atoms with E-state index in [0.717, 1.165) is 32.8 Å². The molecular formula is C40H55N5O7. The number of aliphatic hydroxyl groups excluding tert-OH is 1. The molecule has 0 aliphatic rings. The molecule has 0 aliphatic heterocycles. The van der Waals surface area contributed by atoms with Gasteiger partial charge in [0.25, 0.3) is 0 Å². The fraction of sp³-hybridized carbons (Fsp3) is 0.475. The summed E-state index contributed by atoms with van der Waals surface area (Å²) < 4.78 is 4.77. The predicted molar refractivity (Wildman–Crippen MR) is 201 cm³/mol. The van der Waals surface area contributed by atoms with Crippen LogP contribution in [-0.2, 0) is 27.2 Å². The number of ether oxygens (including phenoxy) is 1. The Morgan fingerprint density at radius 3 is 1.94 bits per heavy atom. The van der Waals surface area contributed by atoms with Gasteiger partial charge in [0.1, 0.15) is 12.1 Å². The maximum absolute atomic E-state index is 13.9. The fourth-order valence-corrected chi connectivity index (χ4v) is 6.19. The zero-order valence-corrected chi connectivity index (χ0v) is 31.8. The van der Waals surface area contributed by atoms with Crippen molar-refractivity contribution < 1.29 is 34.1 Å². The lowest BCUT2D eigenvalue weighted by Gasteiger charge is -2.37. The number of pyridine rings is 1. The first kappa shape index (κ1) is 41.5. The highest BCUT2D eigenvalue weighted by Crippen LogP contribution is 2.26. The van der Waals surface area contributed by atoms with Gasteiger partial charge in [-0.2, -0.15) is 0 Å². The molecule has 282 valence electrons. The van der Waals surface area contributed by atoms with Gasteiger partial charge in [0.2, 0.25) is 11.8 Å². The topological polar surface area (TPSA) is 170 Å². The van der Waals surface area contributed by atoms with Gasteiger partial charge in [-0.1, -0.05) is 102 Å². The molecule has 2 aromatic carbocycles. The smallest absolute Gasteiger partial charge is 0.407 e. The molecule has 12 heteroatoms. The number of aromatic nitrogens is 1. The highest BCUT2D eigenvalue weighted by molar-refractivity contribution is 5.87. The predicted octanol–water partition coefficient (Wildman–Crippen LogP) is 5.36. The van der Waals surface area contributed by atoms with Crippen LogP contribution in [0.25, 0.3) is 11.3 Å². The first-order valence-corrected chi connectivity index (χ1v) is 17.4. The molecule has 5 N–H and O–H groups in total. The van der Waals surface area contributed by atoms with Crippen LogP contribution in [-0.4, -0.2) is 88.5 Å². The normalized spacial score (nSPS) is 14.6.